The number of rotatable bonds is 0. The van der Waals surface area contributed by atoms with Gasteiger partial charge < -0.3 is 15.3 Å². The minimum atomic E-state index is -1.36. The van der Waals surface area contributed by atoms with Crippen LogP contribution in [0.3, 0.4) is 0 Å². The molecule has 0 aliphatic heterocycles. The van der Waals surface area contributed by atoms with Crippen LogP contribution in [-0.2, 0) is 0 Å². The first kappa shape index (κ1) is 16.0. The minimum Gasteiger partial charge on any atom is -0.508 e. The number of hydrogen-bond donors (Lipinski definition) is 3. The smallest absolute Gasteiger partial charge is 0.401 e. The predicted molar refractivity (Wildman–Crippen MR) is 55.9 cm³/mol. The molecular weight excluding hydrogens is 247 g/mol. The van der Waals surface area contributed by atoms with Crippen molar-refractivity contribution in [2.45, 2.75) is 0 Å². The molecule has 1 aromatic carbocycles. The van der Waals surface area contributed by atoms with Gasteiger partial charge in [0.2, 0.25) is 0 Å². The van der Waals surface area contributed by atoms with E-state index in [4.69, 9.17) is 24.9 Å². The monoisotopic (exact) mass is 254 g/mol. The van der Waals surface area contributed by atoms with Gasteiger partial charge in [0, 0.05) is 23.2 Å². The van der Waals surface area contributed by atoms with Crippen LogP contribution < -0.4 is 0 Å². The third-order valence-corrected chi connectivity index (χ3v) is 0.756. The Morgan fingerprint density at radius 1 is 0.933 bits per heavy atom. The zero-order chi connectivity index (χ0) is 12.3. The van der Waals surface area contributed by atoms with Crippen LogP contribution in [0.4, 0.5) is 9.59 Å². The van der Waals surface area contributed by atoms with Crippen molar-refractivity contribution < 1.29 is 24.9 Å². The third kappa shape index (κ3) is 32.6. The Morgan fingerprint density at radius 2 is 1.20 bits per heavy atom. The van der Waals surface area contributed by atoms with Gasteiger partial charge in [-0.1, -0.05) is 18.2 Å². The molecule has 0 amide bonds. The van der Waals surface area contributed by atoms with Gasteiger partial charge in [-0.2, -0.15) is 0 Å². The third-order valence-electron chi connectivity index (χ3n) is 0.756. The Kier molecular flexibility index (Phi) is 11.3. The van der Waals surface area contributed by atoms with E-state index >= 15 is 0 Å². The quantitative estimate of drug-likeness (QED) is 0.618. The van der Waals surface area contributed by atoms with E-state index in [0.29, 0.717) is 5.75 Å². The Morgan fingerprint density at radius 3 is 1.33 bits per heavy atom. The fourth-order valence-corrected chi connectivity index (χ4v) is 0.428. The first-order valence-corrected chi connectivity index (χ1v) is 4.12. The molecule has 0 bridgehead atoms. The highest BCUT2D eigenvalue weighted by Gasteiger charge is 1.74. The van der Waals surface area contributed by atoms with Crippen molar-refractivity contribution in [3.05, 3.63) is 30.3 Å². The Labute approximate surface area is 95.5 Å². The first-order chi connectivity index (χ1) is 6.86. The van der Waals surface area contributed by atoms with Gasteiger partial charge in [0.25, 0.3) is 0 Å². The van der Waals surface area contributed by atoms with E-state index in [-0.39, 0.29) is 0 Å². The molecule has 0 aliphatic rings. The molecule has 1 aromatic rings. The molecule has 0 aromatic heterocycles. The average Bonchev–Trinajstić information content (AvgIpc) is 2.03. The van der Waals surface area contributed by atoms with E-state index in [2.05, 4.69) is 23.2 Å². The standard InChI is InChI=1S/C6H6O.2CHClO2/c7-6-4-2-1-3-5-6;2*2-1(3)4/h1-5,7H;2*(H,3,4). The van der Waals surface area contributed by atoms with E-state index < -0.39 is 10.9 Å². The summed E-state index contributed by atoms with van der Waals surface area (Å²) >= 11 is 8.38. The summed E-state index contributed by atoms with van der Waals surface area (Å²) in [7, 11) is 0. The van der Waals surface area contributed by atoms with Crippen LogP contribution in [-0.4, -0.2) is 26.2 Å². The summed E-state index contributed by atoms with van der Waals surface area (Å²) in [6, 6.07) is 8.71. The molecule has 0 spiro atoms. The number of para-hydroxylation sites is 1. The molecule has 0 saturated heterocycles. The number of phenolic OH excluding ortho intramolecular Hbond substituents is 1. The number of hydrogen-bond acceptors (Lipinski definition) is 3. The van der Waals surface area contributed by atoms with Gasteiger partial charge in [0.1, 0.15) is 5.75 Å². The summed E-state index contributed by atoms with van der Waals surface area (Å²) < 4.78 is 0. The van der Waals surface area contributed by atoms with Crippen LogP contribution in [0.25, 0.3) is 0 Å². The topological polar surface area (TPSA) is 94.8 Å². The zero-order valence-electron chi connectivity index (χ0n) is 7.30. The van der Waals surface area contributed by atoms with Crippen molar-refractivity contribution in [3.8, 4) is 5.75 Å². The van der Waals surface area contributed by atoms with E-state index in [1.807, 2.05) is 6.07 Å². The number of halogens is 2. The van der Waals surface area contributed by atoms with Crippen LogP contribution in [0.15, 0.2) is 30.3 Å². The lowest BCUT2D eigenvalue weighted by molar-refractivity contribution is 0.219. The number of carbonyl (C=O) groups is 2. The number of phenols is 1. The lowest BCUT2D eigenvalue weighted by Crippen LogP contribution is -1.66. The van der Waals surface area contributed by atoms with Crippen LogP contribution in [0.5, 0.6) is 5.75 Å². The van der Waals surface area contributed by atoms with Crippen molar-refractivity contribution >= 4 is 34.1 Å². The highest BCUT2D eigenvalue weighted by atomic mass is 35.5. The van der Waals surface area contributed by atoms with E-state index in [9.17, 15) is 0 Å². The Hall–Kier alpha value is -1.46. The highest BCUT2D eigenvalue weighted by Crippen LogP contribution is 2.02. The summed E-state index contributed by atoms with van der Waals surface area (Å²) in [4.78, 5) is 17.5. The molecular formula is C8H8Cl2O5. The number of aromatic hydroxyl groups is 1. The van der Waals surface area contributed by atoms with Gasteiger partial charge in [0.05, 0.1) is 0 Å². The molecule has 0 radical (unpaired) electrons. The van der Waals surface area contributed by atoms with E-state index in [1.54, 1.807) is 24.3 Å². The fourth-order valence-electron chi connectivity index (χ4n) is 0.428. The lowest BCUT2D eigenvalue weighted by atomic mass is 10.3. The minimum absolute atomic E-state index is 0.322. The molecule has 1 rings (SSSR count). The Balaban J connectivity index is 0. The molecule has 15 heavy (non-hydrogen) atoms. The van der Waals surface area contributed by atoms with Crippen molar-refractivity contribution in [3.63, 3.8) is 0 Å². The second-order valence-corrected chi connectivity index (χ2v) is 2.49. The van der Waals surface area contributed by atoms with Gasteiger partial charge in [0.15, 0.2) is 0 Å². The molecule has 0 saturated carbocycles. The molecule has 0 atom stereocenters. The van der Waals surface area contributed by atoms with E-state index in [1.165, 1.54) is 0 Å². The number of carboxylic acid groups (broad SMARTS) is 2. The van der Waals surface area contributed by atoms with Crippen LogP contribution in [0, 0.1) is 0 Å². The van der Waals surface area contributed by atoms with Crippen LogP contribution >= 0.6 is 23.2 Å². The first-order valence-electron chi connectivity index (χ1n) is 3.37. The largest absolute Gasteiger partial charge is 0.508 e. The van der Waals surface area contributed by atoms with Gasteiger partial charge in [-0.25, -0.2) is 9.59 Å². The second kappa shape index (κ2) is 10.6. The summed E-state index contributed by atoms with van der Waals surface area (Å²) in [5.74, 6) is 0.322. The molecule has 0 heterocycles. The van der Waals surface area contributed by atoms with Crippen LogP contribution in [0.2, 0.25) is 0 Å². The highest BCUT2D eigenvalue weighted by molar-refractivity contribution is 6.60. The maximum Gasteiger partial charge on any atom is 0.401 e. The maximum absolute atomic E-state index is 8.77. The average molecular weight is 255 g/mol. The molecule has 7 heteroatoms. The molecule has 0 unspecified atom stereocenters. The van der Waals surface area contributed by atoms with E-state index in [0.717, 1.165) is 0 Å². The van der Waals surface area contributed by atoms with Gasteiger partial charge in [-0.05, 0) is 12.1 Å². The van der Waals surface area contributed by atoms with Gasteiger partial charge >= 0.3 is 10.9 Å². The molecule has 3 N–H and O–H groups in total. The molecule has 0 aliphatic carbocycles. The second-order valence-electron chi connectivity index (χ2n) is 1.84. The summed E-state index contributed by atoms with van der Waals surface area (Å²) in [5, 5.41) is 23.0. The molecule has 0 fully saturated rings. The van der Waals surface area contributed by atoms with Crippen molar-refractivity contribution in [2.75, 3.05) is 0 Å². The lowest BCUT2D eigenvalue weighted by Gasteiger charge is -1.82. The SMILES string of the molecule is O=C(O)Cl.O=C(O)Cl.Oc1ccccc1. The van der Waals surface area contributed by atoms with Crippen molar-refractivity contribution in [1.29, 1.82) is 0 Å². The molecule has 5 nitrogen and oxygen atoms in total. The van der Waals surface area contributed by atoms with Gasteiger partial charge in [-0.3, -0.25) is 0 Å². The Bertz CT molecular complexity index is 268. The predicted octanol–water partition coefficient (Wildman–Crippen LogP) is 3.20. The van der Waals surface area contributed by atoms with Crippen LogP contribution in [0.1, 0.15) is 0 Å². The summed E-state index contributed by atoms with van der Waals surface area (Å²) in [6.45, 7) is 0. The van der Waals surface area contributed by atoms with Gasteiger partial charge in [-0.15, -0.1) is 0 Å². The summed E-state index contributed by atoms with van der Waals surface area (Å²) in [5.41, 5.74) is -2.72. The zero-order valence-corrected chi connectivity index (χ0v) is 8.81. The maximum atomic E-state index is 8.77. The number of benzene rings is 1. The summed E-state index contributed by atoms with van der Waals surface area (Å²) in [6.07, 6.45) is 0. The molecule has 84 valence electrons. The fraction of sp³-hybridized carbons (Fsp3) is 0. The van der Waals surface area contributed by atoms with Crippen molar-refractivity contribution in [2.24, 2.45) is 0 Å². The normalized spacial score (nSPS) is 7.33. The van der Waals surface area contributed by atoms with Crippen molar-refractivity contribution in [1.82, 2.24) is 0 Å².